The standard InChI is InChI=1S/C29H32FN5O3/c1-17-6-8-22(30)27-26(17)21(18(2)33-27)10-12-32-29(38)24-16-20-15-19(7-9-23(20)34-24)28(37)31-11-4-14-35-13-3-5-25(35)36/h6-9,15-16,33-34H,3-5,10-14H2,1-2H3,(H,31,37)(H,32,38). The summed E-state index contributed by atoms with van der Waals surface area (Å²) in [7, 11) is 0. The quantitative estimate of drug-likeness (QED) is 0.251. The van der Waals surface area contributed by atoms with Gasteiger partial charge in [0.05, 0.1) is 5.52 Å². The molecule has 0 aliphatic carbocycles. The van der Waals surface area contributed by atoms with Gasteiger partial charge in [-0.2, -0.15) is 0 Å². The first-order valence-electron chi connectivity index (χ1n) is 13.0. The SMILES string of the molecule is Cc1[nH]c2c(F)ccc(C)c2c1CCNC(=O)c1cc2cc(C(=O)NCCCN3CCCC3=O)ccc2[nH]1. The summed E-state index contributed by atoms with van der Waals surface area (Å²) in [5.41, 5.74) is 5.06. The maximum atomic E-state index is 14.2. The van der Waals surface area contributed by atoms with E-state index in [2.05, 4.69) is 20.6 Å². The molecule has 1 fully saturated rings. The number of aryl methyl sites for hydroxylation is 2. The lowest BCUT2D eigenvalue weighted by molar-refractivity contribution is -0.127. The van der Waals surface area contributed by atoms with Crippen molar-refractivity contribution in [1.82, 2.24) is 25.5 Å². The number of H-pyrrole nitrogens is 2. The monoisotopic (exact) mass is 517 g/mol. The van der Waals surface area contributed by atoms with Crippen LogP contribution in [0.4, 0.5) is 4.39 Å². The fourth-order valence-electron chi connectivity index (χ4n) is 5.26. The molecular weight excluding hydrogens is 485 g/mol. The summed E-state index contributed by atoms with van der Waals surface area (Å²) in [5.74, 6) is -0.530. The van der Waals surface area contributed by atoms with E-state index in [0.29, 0.717) is 55.7 Å². The molecule has 2 aromatic carbocycles. The molecule has 8 nitrogen and oxygen atoms in total. The summed E-state index contributed by atoms with van der Waals surface area (Å²) in [6.45, 7) is 6.21. The number of benzene rings is 2. The Balaban J connectivity index is 1.17. The molecule has 0 unspecified atom stereocenters. The Kier molecular flexibility index (Phi) is 7.18. The number of amides is 3. The van der Waals surface area contributed by atoms with Crippen molar-refractivity contribution in [2.24, 2.45) is 0 Å². The van der Waals surface area contributed by atoms with E-state index in [9.17, 15) is 18.8 Å². The highest BCUT2D eigenvalue weighted by Crippen LogP contribution is 2.28. The summed E-state index contributed by atoms with van der Waals surface area (Å²) in [6, 6.07) is 10.2. The van der Waals surface area contributed by atoms with Crippen molar-refractivity contribution in [2.45, 2.75) is 39.5 Å². The van der Waals surface area contributed by atoms with Gasteiger partial charge in [-0.05, 0) is 74.6 Å². The number of aromatic nitrogens is 2. The molecule has 1 aliphatic rings. The van der Waals surface area contributed by atoms with Gasteiger partial charge in [-0.25, -0.2) is 4.39 Å². The second kappa shape index (κ2) is 10.7. The Hall–Kier alpha value is -4.14. The first kappa shape index (κ1) is 25.5. The zero-order valence-corrected chi connectivity index (χ0v) is 21.7. The van der Waals surface area contributed by atoms with E-state index in [0.717, 1.165) is 46.1 Å². The zero-order valence-electron chi connectivity index (χ0n) is 21.7. The van der Waals surface area contributed by atoms with Crippen LogP contribution in [0.2, 0.25) is 0 Å². The largest absolute Gasteiger partial charge is 0.356 e. The second-order valence-corrected chi connectivity index (χ2v) is 9.93. The molecule has 4 N–H and O–H groups in total. The topological polar surface area (TPSA) is 110 Å². The number of likely N-dealkylation sites (tertiary alicyclic amines) is 1. The number of fused-ring (bicyclic) bond motifs is 2. The second-order valence-electron chi connectivity index (χ2n) is 9.93. The minimum Gasteiger partial charge on any atom is -0.356 e. The number of aromatic amines is 2. The highest BCUT2D eigenvalue weighted by molar-refractivity contribution is 6.01. The Morgan fingerprint density at radius 1 is 1.03 bits per heavy atom. The summed E-state index contributed by atoms with van der Waals surface area (Å²) in [6.07, 6.45) is 2.80. The average molecular weight is 518 g/mol. The van der Waals surface area contributed by atoms with Crippen molar-refractivity contribution in [3.05, 3.63) is 70.3 Å². The Morgan fingerprint density at radius 3 is 2.63 bits per heavy atom. The van der Waals surface area contributed by atoms with Gasteiger partial charge in [0.15, 0.2) is 0 Å². The van der Waals surface area contributed by atoms with Gasteiger partial charge in [0.25, 0.3) is 11.8 Å². The van der Waals surface area contributed by atoms with Gasteiger partial charge in [0.2, 0.25) is 5.91 Å². The first-order valence-corrected chi connectivity index (χ1v) is 13.0. The fraction of sp³-hybridized carbons (Fsp3) is 0.345. The molecule has 0 bridgehead atoms. The number of carbonyl (C=O) groups is 3. The van der Waals surface area contributed by atoms with Gasteiger partial charge in [-0.1, -0.05) is 6.07 Å². The van der Waals surface area contributed by atoms with Crippen LogP contribution in [0.5, 0.6) is 0 Å². The molecule has 1 saturated heterocycles. The van der Waals surface area contributed by atoms with E-state index >= 15 is 0 Å². The van der Waals surface area contributed by atoms with Crippen molar-refractivity contribution in [3.63, 3.8) is 0 Å². The van der Waals surface area contributed by atoms with E-state index < -0.39 is 0 Å². The highest BCUT2D eigenvalue weighted by Gasteiger charge is 2.19. The molecule has 198 valence electrons. The van der Waals surface area contributed by atoms with Crippen molar-refractivity contribution in [2.75, 3.05) is 26.2 Å². The summed E-state index contributed by atoms with van der Waals surface area (Å²) < 4.78 is 14.2. The molecule has 38 heavy (non-hydrogen) atoms. The van der Waals surface area contributed by atoms with E-state index in [4.69, 9.17) is 0 Å². The van der Waals surface area contributed by atoms with Gasteiger partial charge < -0.3 is 25.5 Å². The number of nitrogens with one attached hydrogen (secondary N) is 4. The molecule has 5 rings (SSSR count). The normalized spacial score (nSPS) is 13.6. The van der Waals surface area contributed by atoms with Gasteiger partial charge in [-0.3, -0.25) is 14.4 Å². The first-order chi connectivity index (χ1) is 18.3. The third kappa shape index (κ3) is 5.14. The van der Waals surface area contributed by atoms with Crippen LogP contribution in [-0.4, -0.2) is 58.8 Å². The van der Waals surface area contributed by atoms with Gasteiger partial charge in [0, 0.05) is 60.1 Å². The van der Waals surface area contributed by atoms with E-state index in [1.54, 1.807) is 30.3 Å². The average Bonchev–Trinajstić information content (AvgIpc) is 3.61. The maximum Gasteiger partial charge on any atom is 0.267 e. The van der Waals surface area contributed by atoms with E-state index in [-0.39, 0.29) is 23.5 Å². The summed E-state index contributed by atoms with van der Waals surface area (Å²) in [4.78, 5) is 45.2. The van der Waals surface area contributed by atoms with Gasteiger partial charge in [-0.15, -0.1) is 0 Å². The molecule has 0 radical (unpaired) electrons. The Labute approximate surface area is 220 Å². The molecule has 9 heteroatoms. The van der Waals surface area contributed by atoms with Crippen LogP contribution in [-0.2, 0) is 11.2 Å². The Morgan fingerprint density at radius 2 is 1.84 bits per heavy atom. The number of halogens is 1. The molecule has 0 spiro atoms. The predicted octanol–water partition coefficient (Wildman–Crippen LogP) is 4.12. The third-order valence-corrected chi connectivity index (χ3v) is 7.28. The number of hydrogen-bond acceptors (Lipinski definition) is 3. The van der Waals surface area contributed by atoms with Crippen molar-refractivity contribution in [1.29, 1.82) is 0 Å². The third-order valence-electron chi connectivity index (χ3n) is 7.28. The number of rotatable bonds is 9. The van der Waals surface area contributed by atoms with Crippen LogP contribution in [0.25, 0.3) is 21.8 Å². The lowest BCUT2D eigenvalue weighted by Gasteiger charge is -2.15. The number of hydrogen-bond donors (Lipinski definition) is 4. The molecule has 4 aromatic rings. The molecule has 3 amide bonds. The van der Waals surface area contributed by atoms with E-state index in [1.807, 2.05) is 18.7 Å². The summed E-state index contributed by atoms with van der Waals surface area (Å²) >= 11 is 0. The molecule has 0 atom stereocenters. The molecule has 1 aliphatic heterocycles. The molecule has 0 saturated carbocycles. The molecular formula is C29H32FN5O3. The smallest absolute Gasteiger partial charge is 0.267 e. The maximum absolute atomic E-state index is 14.2. The molecule has 2 aromatic heterocycles. The number of nitrogens with zero attached hydrogens (tertiary/aromatic N) is 1. The van der Waals surface area contributed by atoms with Crippen molar-refractivity contribution < 1.29 is 18.8 Å². The van der Waals surface area contributed by atoms with Crippen LogP contribution in [0.15, 0.2) is 36.4 Å². The van der Waals surface area contributed by atoms with Crippen LogP contribution in [0, 0.1) is 19.7 Å². The highest BCUT2D eigenvalue weighted by atomic mass is 19.1. The van der Waals surface area contributed by atoms with Crippen molar-refractivity contribution >= 4 is 39.5 Å². The lowest BCUT2D eigenvalue weighted by atomic mass is 10.0. The number of carbonyl (C=O) groups excluding carboxylic acids is 3. The fourth-order valence-corrected chi connectivity index (χ4v) is 5.26. The van der Waals surface area contributed by atoms with Crippen LogP contribution in [0.3, 0.4) is 0 Å². The Bertz CT molecular complexity index is 1540. The van der Waals surface area contributed by atoms with E-state index in [1.165, 1.54) is 6.07 Å². The minimum atomic E-state index is -0.284. The predicted molar refractivity (Wildman–Crippen MR) is 145 cm³/mol. The van der Waals surface area contributed by atoms with Crippen molar-refractivity contribution in [3.8, 4) is 0 Å². The van der Waals surface area contributed by atoms with Gasteiger partial charge >= 0.3 is 0 Å². The van der Waals surface area contributed by atoms with Crippen LogP contribution in [0.1, 0.15) is 56.9 Å². The lowest BCUT2D eigenvalue weighted by Crippen LogP contribution is -2.30. The zero-order chi connectivity index (χ0) is 26.8. The molecule has 3 heterocycles. The van der Waals surface area contributed by atoms with Gasteiger partial charge in [0.1, 0.15) is 11.5 Å². The van der Waals surface area contributed by atoms with Crippen LogP contribution >= 0.6 is 0 Å². The summed E-state index contributed by atoms with van der Waals surface area (Å²) in [5, 5.41) is 7.48. The van der Waals surface area contributed by atoms with Crippen LogP contribution < -0.4 is 10.6 Å². The minimum absolute atomic E-state index is 0.187.